The van der Waals surface area contributed by atoms with Gasteiger partial charge in [0.2, 0.25) is 0 Å². The van der Waals surface area contributed by atoms with Crippen LogP contribution in [0.4, 0.5) is 0 Å². The van der Waals surface area contributed by atoms with Gasteiger partial charge in [-0.15, -0.1) is 0 Å². The summed E-state index contributed by atoms with van der Waals surface area (Å²) in [4.78, 5) is 8.25. The molecule has 0 unspecified atom stereocenters. The second kappa shape index (κ2) is 6.58. The van der Waals surface area contributed by atoms with Crippen LogP contribution in [0.25, 0.3) is 0 Å². The number of likely N-dealkylation sites (N-methyl/N-ethyl adjacent to an activating group) is 1. The highest BCUT2D eigenvalue weighted by atomic mass is 16.9. The molecule has 0 atom stereocenters. The Kier molecular flexibility index (Phi) is 5.11. The van der Waals surface area contributed by atoms with Crippen molar-refractivity contribution in [3.8, 4) is 11.5 Å². The van der Waals surface area contributed by atoms with E-state index in [1.54, 1.807) is 14.2 Å². The minimum atomic E-state index is -1.75. The van der Waals surface area contributed by atoms with Crippen LogP contribution in [0.2, 0.25) is 0 Å². The Morgan fingerprint density at radius 3 is 2.26 bits per heavy atom. The third-order valence-corrected chi connectivity index (χ3v) is 2.78. The van der Waals surface area contributed by atoms with Gasteiger partial charge in [-0.3, -0.25) is 0 Å². The van der Waals surface area contributed by atoms with Crippen molar-refractivity contribution in [2.75, 3.05) is 27.8 Å². The molecule has 1 heterocycles. The van der Waals surface area contributed by atoms with E-state index in [0.29, 0.717) is 0 Å². The van der Waals surface area contributed by atoms with Gasteiger partial charge in [0.15, 0.2) is 6.21 Å². The predicted octanol–water partition coefficient (Wildman–Crippen LogP) is 1.08. The molecule has 0 bridgehead atoms. The van der Waals surface area contributed by atoms with Crippen molar-refractivity contribution in [3.05, 3.63) is 38.6 Å². The van der Waals surface area contributed by atoms with Gasteiger partial charge in [0.25, 0.3) is 0 Å². The van der Waals surface area contributed by atoms with Gasteiger partial charge in [0.1, 0.15) is 25.1 Å². The smallest absolute Gasteiger partial charge is 0.174 e. The minimum Gasteiger partial charge on any atom is -0.496 e. The molecule has 0 fully saturated rings. The number of methoxy groups -OCH3 is 2. The summed E-state index contributed by atoms with van der Waals surface area (Å²) < 4.78 is 12.9. The van der Waals surface area contributed by atoms with Crippen molar-refractivity contribution in [3.63, 3.8) is 0 Å². The third kappa shape index (κ3) is 3.84. The number of rotatable bonds is 2. The molecule has 2 rings (SSSR count). The van der Waals surface area contributed by atoms with Gasteiger partial charge >= 0.3 is 0 Å². The van der Waals surface area contributed by atoms with Crippen LogP contribution in [-0.4, -0.2) is 43.7 Å². The van der Waals surface area contributed by atoms with E-state index in [1.165, 1.54) is 5.56 Å². The first kappa shape index (κ1) is 14.7. The third-order valence-electron chi connectivity index (χ3n) is 2.78. The molecule has 0 amide bonds. The molecule has 1 aliphatic heterocycles. The van der Waals surface area contributed by atoms with Gasteiger partial charge in [0, 0.05) is 12.0 Å². The van der Waals surface area contributed by atoms with Crippen LogP contribution < -0.4 is 9.47 Å². The summed E-state index contributed by atoms with van der Waals surface area (Å²) in [6.07, 6.45) is 3.11. The van der Waals surface area contributed by atoms with E-state index in [2.05, 4.69) is 17.8 Å². The maximum atomic E-state index is 8.25. The van der Waals surface area contributed by atoms with Gasteiger partial charge in [-0.2, -0.15) is 0 Å². The summed E-state index contributed by atoms with van der Waals surface area (Å²) in [5, 5.41) is 14.8. The molecule has 0 aromatic heterocycles. The zero-order valence-electron chi connectivity index (χ0n) is 11.1. The number of nitrogens with zero attached hydrogens (tertiary/aromatic N) is 2. The fourth-order valence-corrected chi connectivity index (χ4v) is 1.96. The van der Waals surface area contributed by atoms with Gasteiger partial charge in [-0.05, 0) is 12.1 Å². The maximum absolute atomic E-state index is 8.25. The first-order valence-electron chi connectivity index (χ1n) is 5.60. The molecule has 0 saturated carbocycles. The van der Waals surface area contributed by atoms with Crippen molar-refractivity contribution in [1.29, 1.82) is 0 Å². The summed E-state index contributed by atoms with van der Waals surface area (Å²) >= 11 is 0. The minimum absolute atomic E-state index is 0.914. The highest BCUT2D eigenvalue weighted by Gasteiger charge is 2.20. The molecule has 19 heavy (non-hydrogen) atoms. The first-order chi connectivity index (χ1) is 8.99. The zero-order chi connectivity index (χ0) is 14.4. The van der Waals surface area contributed by atoms with Crippen LogP contribution in [0.3, 0.4) is 0 Å². The molecular formula is C12H16N2O5. The Hall–Kier alpha value is -2.31. The molecule has 1 aromatic carbocycles. The predicted molar refractivity (Wildman–Crippen MR) is 69.8 cm³/mol. The lowest BCUT2D eigenvalue weighted by Gasteiger charge is -2.16. The number of fused-ring (bicyclic) bond motifs is 1. The highest BCUT2D eigenvalue weighted by molar-refractivity contribution is 5.84. The first-order valence-corrected chi connectivity index (χ1v) is 5.60. The molecule has 7 nitrogen and oxygen atoms in total. The lowest BCUT2D eigenvalue weighted by atomic mass is 10.0. The Labute approximate surface area is 110 Å². The largest absolute Gasteiger partial charge is 0.496 e. The Morgan fingerprint density at radius 1 is 1.21 bits per heavy atom. The van der Waals surface area contributed by atoms with Crippen molar-refractivity contribution >= 4 is 6.21 Å². The average Bonchev–Trinajstić information content (AvgIpc) is 2.36. The monoisotopic (exact) mass is 268 g/mol. The van der Waals surface area contributed by atoms with Crippen LogP contribution in [-0.2, 0) is 6.42 Å². The van der Waals surface area contributed by atoms with E-state index < -0.39 is 5.09 Å². The molecule has 7 heteroatoms. The van der Waals surface area contributed by atoms with Gasteiger partial charge in [0.05, 0.1) is 24.9 Å². The molecule has 104 valence electrons. The molecular weight excluding hydrogens is 252 g/mol. The number of ether oxygens (including phenoxy) is 2. The van der Waals surface area contributed by atoms with Gasteiger partial charge in [-0.1, -0.05) is 0 Å². The van der Waals surface area contributed by atoms with Crippen LogP contribution in [0.5, 0.6) is 11.5 Å². The van der Waals surface area contributed by atoms with Crippen LogP contribution in [0.15, 0.2) is 12.1 Å². The topological polar surface area (TPSA) is 87.7 Å². The lowest BCUT2D eigenvalue weighted by Crippen LogP contribution is -2.20. The molecule has 1 aromatic rings. The summed E-state index contributed by atoms with van der Waals surface area (Å²) in [6.45, 7) is 1.02. The van der Waals surface area contributed by atoms with E-state index >= 15 is 0 Å². The SMILES string of the molecule is COc1ccc(OC)c2c1C=[N+](C)CC2.O=[N+]([O-])[O-]. The number of hydrogen-bond acceptors (Lipinski definition) is 5. The van der Waals surface area contributed by atoms with Crippen LogP contribution in [0.1, 0.15) is 11.1 Å². The standard InChI is InChI=1S/C12H16NO2.NO3/c1-13-7-6-9-10(8-13)12(15-3)5-4-11(9)14-2;2-1(3)4/h4-5,8H,6-7H2,1-3H3;/q+1;-1. The lowest BCUT2D eigenvalue weighted by molar-refractivity contribution is -0.493. The van der Waals surface area contributed by atoms with Crippen LogP contribution >= 0.6 is 0 Å². The number of benzene rings is 1. The second-order valence-corrected chi connectivity index (χ2v) is 3.95. The highest BCUT2D eigenvalue weighted by Crippen LogP contribution is 2.30. The number of hydrogen-bond donors (Lipinski definition) is 0. The van der Waals surface area contributed by atoms with E-state index in [4.69, 9.17) is 24.8 Å². The fraction of sp³-hybridized carbons (Fsp3) is 0.417. The van der Waals surface area contributed by atoms with Gasteiger partial charge in [-0.25, -0.2) is 4.58 Å². The maximum Gasteiger partial charge on any atom is 0.174 e. The van der Waals surface area contributed by atoms with E-state index in [-0.39, 0.29) is 0 Å². The Morgan fingerprint density at radius 2 is 1.74 bits per heavy atom. The Balaban J connectivity index is 0.000000399. The molecule has 1 aliphatic rings. The van der Waals surface area contributed by atoms with E-state index in [1.807, 2.05) is 12.1 Å². The van der Waals surface area contributed by atoms with E-state index in [9.17, 15) is 0 Å². The summed E-state index contributed by atoms with van der Waals surface area (Å²) in [5.41, 5.74) is 2.39. The average molecular weight is 268 g/mol. The van der Waals surface area contributed by atoms with Gasteiger partial charge < -0.3 is 24.8 Å². The van der Waals surface area contributed by atoms with Crippen molar-refractivity contribution in [2.24, 2.45) is 0 Å². The fourth-order valence-electron chi connectivity index (χ4n) is 1.96. The molecule has 0 saturated heterocycles. The summed E-state index contributed by atoms with van der Waals surface area (Å²) in [7, 11) is 5.48. The van der Waals surface area contributed by atoms with E-state index in [0.717, 1.165) is 30.0 Å². The zero-order valence-corrected chi connectivity index (χ0v) is 11.1. The molecule has 0 spiro atoms. The molecule has 0 radical (unpaired) electrons. The molecule has 0 N–H and O–H groups in total. The second-order valence-electron chi connectivity index (χ2n) is 3.95. The quantitative estimate of drug-likeness (QED) is 0.455. The van der Waals surface area contributed by atoms with Crippen molar-refractivity contribution < 1.29 is 19.1 Å². The normalized spacial score (nSPS) is 12.5. The van der Waals surface area contributed by atoms with Crippen molar-refractivity contribution in [1.82, 2.24) is 0 Å². The van der Waals surface area contributed by atoms with Crippen LogP contribution in [0, 0.1) is 15.3 Å². The summed E-state index contributed by atoms with van der Waals surface area (Å²) in [6, 6.07) is 3.92. The Bertz CT molecular complexity index is 495. The molecule has 0 aliphatic carbocycles. The summed E-state index contributed by atoms with van der Waals surface area (Å²) in [5.74, 6) is 1.87. The van der Waals surface area contributed by atoms with Crippen molar-refractivity contribution in [2.45, 2.75) is 6.42 Å².